The second kappa shape index (κ2) is 7.88. The number of aromatic nitrogens is 1. The van der Waals surface area contributed by atoms with E-state index in [1.165, 1.54) is 5.69 Å². The molecule has 28 heavy (non-hydrogen) atoms. The largest absolute Gasteiger partial charge is 0.462 e. The summed E-state index contributed by atoms with van der Waals surface area (Å²) < 4.78 is 5.59. The minimum absolute atomic E-state index is 0.0541. The van der Waals surface area contributed by atoms with Crippen molar-refractivity contribution in [2.24, 2.45) is 11.7 Å². The molecule has 1 saturated heterocycles. The summed E-state index contributed by atoms with van der Waals surface area (Å²) in [4.78, 5) is 20.7. The lowest BCUT2D eigenvalue weighted by Crippen LogP contribution is -2.35. The molecule has 3 heterocycles. The van der Waals surface area contributed by atoms with Crippen LogP contribution in [-0.4, -0.2) is 41.5 Å². The molecule has 7 nitrogen and oxygen atoms in total. The van der Waals surface area contributed by atoms with E-state index in [1.54, 1.807) is 11.0 Å². The fourth-order valence-corrected chi connectivity index (χ4v) is 3.88. The summed E-state index contributed by atoms with van der Waals surface area (Å²) in [5, 5.41) is 7.56. The van der Waals surface area contributed by atoms with Gasteiger partial charge in [0.25, 0.3) is 0 Å². The van der Waals surface area contributed by atoms with Crippen molar-refractivity contribution >= 4 is 17.6 Å². The molecule has 2 aliphatic rings. The molecule has 3 N–H and O–H groups in total. The Hall–Kier alpha value is -3.09. The normalized spacial score (nSPS) is 16.7. The number of fused-ring (bicyclic) bond motifs is 1. The molecule has 0 spiro atoms. The van der Waals surface area contributed by atoms with Gasteiger partial charge in [0.05, 0.1) is 12.2 Å². The smallest absolute Gasteiger partial charge is 0.338 e. The Morgan fingerprint density at radius 2 is 1.86 bits per heavy atom. The van der Waals surface area contributed by atoms with Gasteiger partial charge in [0.15, 0.2) is 5.96 Å². The van der Waals surface area contributed by atoms with E-state index < -0.39 is 0 Å². The number of nitrogens with one attached hydrogen (secondary N) is 1. The SMILES string of the molecule is N=C(N)N1Cc2ccc(C(=O)OCC3CCN(c4ccncc4)CC3)cc2C1. The van der Waals surface area contributed by atoms with Crippen LogP contribution in [0.2, 0.25) is 0 Å². The number of hydrogen-bond donors (Lipinski definition) is 2. The molecular weight excluding hydrogens is 354 g/mol. The van der Waals surface area contributed by atoms with E-state index in [2.05, 4.69) is 9.88 Å². The maximum atomic E-state index is 12.5. The number of nitrogens with two attached hydrogens (primary N) is 1. The number of piperidine rings is 1. The maximum Gasteiger partial charge on any atom is 0.338 e. The lowest BCUT2D eigenvalue weighted by Gasteiger charge is -2.33. The molecule has 4 rings (SSSR count). The summed E-state index contributed by atoms with van der Waals surface area (Å²) in [6.07, 6.45) is 5.64. The predicted octanol–water partition coefficient (Wildman–Crippen LogP) is 2.36. The first kappa shape index (κ1) is 18.3. The monoisotopic (exact) mass is 379 g/mol. The van der Waals surface area contributed by atoms with Crippen LogP contribution in [0.4, 0.5) is 5.69 Å². The first-order chi connectivity index (χ1) is 13.6. The number of benzene rings is 1. The minimum atomic E-state index is -0.277. The number of carbonyl (C=O) groups is 1. The van der Waals surface area contributed by atoms with Crippen molar-refractivity contribution in [2.45, 2.75) is 25.9 Å². The Morgan fingerprint density at radius 3 is 2.57 bits per heavy atom. The number of rotatable bonds is 4. The number of nitrogens with zero attached hydrogens (tertiary/aromatic N) is 3. The summed E-state index contributed by atoms with van der Waals surface area (Å²) in [5.74, 6) is 0.170. The van der Waals surface area contributed by atoms with Gasteiger partial charge in [0.1, 0.15) is 0 Å². The second-order valence-corrected chi connectivity index (χ2v) is 7.46. The fourth-order valence-electron chi connectivity index (χ4n) is 3.88. The molecule has 7 heteroatoms. The van der Waals surface area contributed by atoms with Gasteiger partial charge in [-0.2, -0.15) is 0 Å². The molecule has 2 aliphatic heterocycles. The molecule has 0 amide bonds. The topological polar surface area (TPSA) is 95.5 Å². The molecule has 1 aromatic heterocycles. The molecule has 2 aromatic rings. The van der Waals surface area contributed by atoms with E-state index in [-0.39, 0.29) is 11.9 Å². The summed E-state index contributed by atoms with van der Waals surface area (Å²) in [5.41, 5.74) is 9.47. The standard InChI is InChI=1S/C21H25N5O2/c22-21(23)26-12-17-2-1-16(11-18(17)13-26)20(27)28-14-15-5-9-25(10-6-15)19-3-7-24-8-4-19/h1-4,7-8,11,15H,5-6,9-10,12-14H2,(H3,22,23). The summed E-state index contributed by atoms with van der Waals surface area (Å²) in [6.45, 7) is 3.58. The van der Waals surface area contributed by atoms with Gasteiger partial charge in [-0.15, -0.1) is 0 Å². The lowest BCUT2D eigenvalue weighted by atomic mass is 9.97. The van der Waals surface area contributed by atoms with E-state index in [0.717, 1.165) is 37.1 Å². The van der Waals surface area contributed by atoms with Crippen LogP contribution < -0.4 is 10.6 Å². The van der Waals surface area contributed by atoms with Crippen LogP contribution in [-0.2, 0) is 17.8 Å². The maximum absolute atomic E-state index is 12.5. The molecule has 1 fully saturated rings. The number of esters is 1. The zero-order valence-electron chi connectivity index (χ0n) is 15.8. The summed E-state index contributed by atoms with van der Waals surface area (Å²) in [6, 6.07) is 9.66. The third kappa shape index (κ3) is 3.93. The molecular formula is C21H25N5O2. The Kier molecular flexibility index (Phi) is 5.14. The van der Waals surface area contributed by atoms with Crippen LogP contribution in [0, 0.1) is 11.3 Å². The van der Waals surface area contributed by atoms with Gasteiger partial charge in [-0.1, -0.05) is 6.07 Å². The van der Waals surface area contributed by atoms with Crippen LogP contribution in [0.15, 0.2) is 42.7 Å². The van der Waals surface area contributed by atoms with Crippen LogP contribution >= 0.6 is 0 Å². The molecule has 1 aromatic carbocycles. The highest BCUT2D eigenvalue weighted by Crippen LogP contribution is 2.25. The average Bonchev–Trinajstić information content (AvgIpc) is 3.17. The zero-order valence-corrected chi connectivity index (χ0v) is 15.8. The van der Waals surface area contributed by atoms with Crippen molar-refractivity contribution in [3.8, 4) is 0 Å². The first-order valence-electron chi connectivity index (χ1n) is 9.63. The van der Waals surface area contributed by atoms with E-state index >= 15 is 0 Å². The van der Waals surface area contributed by atoms with Crippen LogP contribution in [0.1, 0.15) is 34.3 Å². The molecule has 146 valence electrons. The van der Waals surface area contributed by atoms with Crippen LogP contribution in [0.3, 0.4) is 0 Å². The van der Waals surface area contributed by atoms with Gasteiger partial charge in [-0.25, -0.2) is 4.79 Å². The Labute approximate surface area is 164 Å². The highest BCUT2D eigenvalue weighted by atomic mass is 16.5. The summed E-state index contributed by atoms with van der Waals surface area (Å²) in [7, 11) is 0. The zero-order chi connectivity index (χ0) is 19.5. The van der Waals surface area contributed by atoms with Gasteiger partial charge in [0, 0.05) is 44.3 Å². The van der Waals surface area contributed by atoms with E-state index in [9.17, 15) is 4.79 Å². The lowest BCUT2D eigenvalue weighted by molar-refractivity contribution is 0.0421. The second-order valence-electron chi connectivity index (χ2n) is 7.46. The van der Waals surface area contributed by atoms with Crippen molar-refractivity contribution in [1.29, 1.82) is 5.41 Å². The molecule has 0 radical (unpaired) electrons. The Bertz CT molecular complexity index is 862. The van der Waals surface area contributed by atoms with Gasteiger partial charge in [0.2, 0.25) is 0 Å². The Balaban J connectivity index is 1.28. The van der Waals surface area contributed by atoms with Gasteiger partial charge in [-0.05, 0) is 54.2 Å². The van der Waals surface area contributed by atoms with Crippen molar-refractivity contribution in [3.63, 3.8) is 0 Å². The number of ether oxygens (including phenoxy) is 1. The molecule has 0 saturated carbocycles. The number of hydrogen-bond acceptors (Lipinski definition) is 5. The van der Waals surface area contributed by atoms with Gasteiger partial charge >= 0.3 is 5.97 Å². The van der Waals surface area contributed by atoms with Crippen LogP contribution in [0.25, 0.3) is 0 Å². The quantitative estimate of drug-likeness (QED) is 0.481. The highest BCUT2D eigenvalue weighted by Gasteiger charge is 2.23. The number of pyridine rings is 1. The van der Waals surface area contributed by atoms with Crippen molar-refractivity contribution in [2.75, 3.05) is 24.6 Å². The van der Waals surface area contributed by atoms with Crippen LogP contribution in [0.5, 0.6) is 0 Å². The Morgan fingerprint density at radius 1 is 1.14 bits per heavy atom. The molecule has 0 bridgehead atoms. The third-order valence-corrected chi connectivity index (χ3v) is 5.60. The first-order valence-corrected chi connectivity index (χ1v) is 9.63. The van der Waals surface area contributed by atoms with E-state index in [4.69, 9.17) is 15.9 Å². The number of carbonyl (C=O) groups excluding carboxylic acids is 1. The molecule has 0 aliphatic carbocycles. The average molecular weight is 379 g/mol. The predicted molar refractivity (Wildman–Crippen MR) is 107 cm³/mol. The van der Waals surface area contributed by atoms with Crippen molar-refractivity contribution in [3.05, 3.63) is 59.4 Å². The van der Waals surface area contributed by atoms with Crippen molar-refractivity contribution < 1.29 is 9.53 Å². The number of guanidine groups is 1. The number of anilines is 1. The highest BCUT2D eigenvalue weighted by molar-refractivity contribution is 5.90. The third-order valence-electron chi connectivity index (χ3n) is 5.60. The fraction of sp³-hybridized carbons (Fsp3) is 0.381. The van der Waals surface area contributed by atoms with Gasteiger partial charge in [-0.3, -0.25) is 10.4 Å². The molecule has 0 atom stereocenters. The summed E-state index contributed by atoms with van der Waals surface area (Å²) >= 11 is 0. The van der Waals surface area contributed by atoms with E-state index in [1.807, 2.05) is 36.7 Å². The van der Waals surface area contributed by atoms with Gasteiger partial charge < -0.3 is 20.3 Å². The van der Waals surface area contributed by atoms with E-state index in [0.29, 0.717) is 31.2 Å². The molecule has 0 unspecified atom stereocenters. The minimum Gasteiger partial charge on any atom is -0.462 e. The van der Waals surface area contributed by atoms with Crippen molar-refractivity contribution in [1.82, 2.24) is 9.88 Å².